The van der Waals surface area contributed by atoms with E-state index in [4.69, 9.17) is 4.74 Å². The fourth-order valence-electron chi connectivity index (χ4n) is 3.81. The standard InChI is InChI=1S/C21H34N2O2/c1-17-15-22(16-18(2)23(17)13-14-25-5)20(24)11-12-21(3,4)19-9-7-6-8-10-19/h6-10,17-18H,11-16H2,1-5H3. The van der Waals surface area contributed by atoms with Gasteiger partial charge >= 0.3 is 0 Å². The highest BCUT2D eigenvalue weighted by atomic mass is 16.5. The summed E-state index contributed by atoms with van der Waals surface area (Å²) < 4.78 is 5.21. The molecule has 0 aliphatic carbocycles. The third-order valence-electron chi connectivity index (χ3n) is 5.53. The first-order chi connectivity index (χ1) is 11.8. The number of hydrogen-bond donors (Lipinski definition) is 0. The summed E-state index contributed by atoms with van der Waals surface area (Å²) in [5.74, 6) is 0.286. The summed E-state index contributed by atoms with van der Waals surface area (Å²) >= 11 is 0. The van der Waals surface area contributed by atoms with Gasteiger partial charge in [0.1, 0.15) is 0 Å². The summed E-state index contributed by atoms with van der Waals surface area (Å²) in [7, 11) is 1.74. The van der Waals surface area contributed by atoms with Crippen molar-refractivity contribution in [3.05, 3.63) is 35.9 Å². The Hall–Kier alpha value is -1.39. The van der Waals surface area contributed by atoms with Crippen molar-refractivity contribution in [2.24, 2.45) is 0 Å². The molecule has 1 fully saturated rings. The molecule has 1 saturated heterocycles. The second-order valence-electron chi connectivity index (χ2n) is 7.98. The van der Waals surface area contributed by atoms with E-state index in [1.165, 1.54) is 5.56 Å². The first-order valence-electron chi connectivity index (χ1n) is 9.43. The van der Waals surface area contributed by atoms with Crippen LogP contribution in [-0.2, 0) is 14.9 Å². The maximum Gasteiger partial charge on any atom is 0.222 e. The monoisotopic (exact) mass is 346 g/mol. The molecule has 140 valence electrons. The summed E-state index contributed by atoms with van der Waals surface area (Å²) in [5.41, 5.74) is 1.32. The van der Waals surface area contributed by atoms with Gasteiger partial charge in [-0.1, -0.05) is 44.2 Å². The summed E-state index contributed by atoms with van der Waals surface area (Å²) in [5, 5.41) is 0. The van der Waals surface area contributed by atoms with Crippen LogP contribution < -0.4 is 0 Å². The van der Waals surface area contributed by atoms with E-state index in [1.807, 2.05) is 6.07 Å². The molecule has 1 aromatic rings. The van der Waals surface area contributed by atoms with Crippen molar-refractivity contribution in [2.75, 3.05) is 33.4 Å². The van der Waals surface area contributed by atoms with Gasteiger partial charge in [-0.25, -0.2) is 0 Å². The zero-order valence-corrected chi connectivity index (χ0v) is 16.5. The molecule has 2 unspecified atom stereocenters. The van der Waals surface area contributed by atoms with Crippen LogP contribution in [-0.4, -0.2) is 61.1 Å². The Morgan fingerprint density at radius 3 is 2.32 bits per heavy atom. The molecular formula is C21H34N2O2. The number of amides is 1. The lowest BCUT2D eigenvalue weighted by Gasteiger charge is -2.44. The molecule has 1 heterocycles. The lowest BCUT2D eigenvalue weighted by molar-refractivity contribution is -0.136. The Morgan fingerprint density at radius 1 is 1.16 bits per heavy atom. The predicted octanol–water partition coefficient (Wildman–Crippen LogP) is 3.31. The molecule has 0 bridgehead atoms. The fourth-order valence-corrected chi connectivity index (χ4v) is 3.81. The van der Waals surface area contributed by atoms with Crippen LogP contribution in [0.5, 0.6) is 0 Å². The molecule has 2 rings (SSSR count). The summed E-state index contributed by atoms with van der Waals surface area (Å²) in [6.07, 6.45) is 1.49. The Balaban J connectivity index is 1.89. The summed E-state index contributed by atoms with van der Waals surface area (Å²) in [6.45, 7) is 12.2. The molecular weight excluding hydrogens is 312 g/mol. The average Bonchev–Trinajstić information content (AvgIpc) is 2.59. The van der Waals surface area contributed by atoms with Gasteiger partial charge in [-0.05, 0) is 31.2 Å². The van der Waals surface area contributed by atoms with Gasteiger partial charge in [0.2, 0.25) is 5.91 Å². The molecule has 4 heteroatoms. The van der Waals surface area contributed by atoms with Gasteiger partial charge in [0.05, 0.1) is 6.61 Å². The van der Waals surface area contributed by atoms with Gasteiger partial charge in [0.15, 0.2) is 0 Å². The van der Waals surface area contributed by atoms with Gasteiger partial charge in [-0.2, -0.15) is 0 Å². The highest BCUT2D eigenvalue weighted by molar-refractivity contribution is 5.76. The number of rotatable bonds is 7. The minimum atomic E-state index is 0.0223. The smallest absolute Gasteiger partial charge is 0.222 e. The van der Waals surface area contributed by atoms with E-state index in [9.17, 15) is 4.79 Å². The zero-order valence-electron chi connectivity index (χ0n) is 16.5. The molecule has 1 aromatic carbocycles. The number of nitrogens with zero attached hydrogens (tertiary/aromatic N) is 2. The number of methoxy groups -OCH3 is 1. The highest BCUT2D eigenvalue weighted by Gasteiger charge is 2.32. The van der Waals surface area contributed by atoms with Gasteiger partial charge in [0, 0.05) is 45.2 Å². The third kappa shape index (κ3) is 5.29. The van der Waals surface area contributed by atoms with Crippen LogP contribution in [0.1, 0.15) is 46.1 Å². The van der Waals surface area contributed by atoms with E-state index in [-0.39, 0.29) is 11.3 Å². The van der Waals surface area contributed by atoms with E-state index in [0.29, 0.717) is 18.5 Å². The first-order valence-corrected chi connectivity index (χ1v) is 9.43. The van der Waals surface area contributed by atoms with E-state index < -0.39 is 0 Å². The van der Waals surface area contributed by atoms with Crippen molar-refractivity contribution in [1.29, 1.82) is 0 Å². The number of piperazine rings is 1. The highest BCUT2D eigenvalue weighted by Crippen LogP contribution is 2.29. The molecule has 0 saturated carbocycles. The molecule has 2 atom stereocenters. The normalized spacial score (nSPS) is 22.2. The third-order valence-corrected chi connectivity index (χ3v) is 5.53. The van der Waals surface area contributed by atoms with Gasteiger partial charge in [-0.3, -0.25) is 9.69 Å². The largest absolute Gasteiger partial charge is 0.383 e. The van der Waals surface area contributed by atoms with E-state index in [1.54, 1.807) is 7.11 Å². The van der Waals surface area contributed by atoms with Crippen LogP contribution in [0.15, 0.2) is 30.3 Å². The van der Waals surface area contributed by atoms with Crippen molar-refractivity contribution in [1.82, 2.24) is 9.80 Å². The lowest BCUT2D eigenvalue weighted by atomic mass is 9.80. The number of ether oxygens (including phenoxy) is 1. The zero-order chi connectivity index (χ0) is 18.4. The molecule has 4 nitrogen and oxygen atoms in total. The number of benzene rings is 1. The summed E-state index contributed by atoms with van der Waals surface area (Å²) in [6, 6.07) is 11.3. The maximum atomic E-state index is 12.8. The van der Waals surface area contributed by atoms with Crippen molar-refractivity contribution in [2.45, 2.75) is 58.0 Å². The number of carbonyl (C=O) groups excluding carboxylic acids is 1. The van der Waals surface area contributed by atoms with Gasteiger partial charge in [0.25, 0.3) is 0 Å². The summed E-state index contributed by atoms with van der Waals surface area (Å²) in [4.78, 5) is 17.3. The van der Waals surface area contributed by atoms with E-state index in [0.717, 1.165) is 32.7 Å². The maximum absolute atomic E-state index is 12.8. The number of hydrogen-bond acceptors (Lipinski definition) is 3. The van der Waals surface area contributed by atoms with Gasteiger partial charge in [-0.15, -0.1) is 0 Å². The second-order valence-corrected chi connectivity index (χ2v) is 7.98. The molecule has 1 aliphatic heterocycles. The fraction of sp³-hybridized carbons (Fsp3) is 0.667. The van der Waals surface area contributed by atoms with Crippen molar-refractivity contribution in [3.8, 4) is 0 Å². The lowest BCUT2D eigenvalue weighted by Crippen LogP contribution is -2.58. The Labute approximate surface area is 153 Å². The van der Waals surface area contributed by atoms with Crippen molar-refractivity contribution >= 4 is 5.91 Å². The topological polar surface area (TPSA) is 32.8 Å². The minimum Gasteiger partial charge on any atom is -0.383 e. The second kappa shape index (κ2) is 8.81. The molecule has 25 heavy (non-hydrogen) atoms. The van der Waals surface area contributed by atoms with E-state index in [2.05, 4.69) is 61.8 Å². The SMILES string of the molecule is COCCN1C(C)CN(C(=O)CCC(C)(C)c2ccccc2)CC1C. The molecule has 0 N–H and O–H groups in total. The van der Waals surface area contributed by atoms with Crippen LogP contribution in [0, 0.1) is 0 Å². The van der Waals surface area contributed by atoms with Gasteiger partial charge < -0.3 is 9.64 Å². The molecule has 0 spiro atoms. The first kappa shape index (κ1) is 19.9. The molecule has 1 aliphatic rings. The van der Waals surface area contributed by atoms with Crippen LogP contribution in [0.3, 0.4) is 0 Å². The van der Waals surface area contributed by atoms with Crippen LogP contribution in [0.4, 0.5) is 0 Å². The predicted molar refractivity (Wildman–Crippen MR) is 103 cm³/mol. The van der Waals surface area contributed by atoms with Crippen LogP contribution in [0.2, 0.25) is 0 Å². The molecule has 1 amide bonds. The van der Waals surface area contributed by atoms with Crippen LogP contribution in [0.25, 0.3) is 0 Å². The van der Waals surface area contributed by atoms with Crippen LogP contribution >= 0.6 is 0 Å². The van der Waals surface area contributed by atoms with Crippen molar-refractivity contribution < 1.29 is 9.53 Å². The Kier molecular flexibility index (Phi) is 7.03. The van der Waals surface area contributed by atoms with E-state index >= 15 is 0 Å². The Morgan fingerprint density at radius 2 is 1.76 bits per heavy atom. The average molecular weight is 347 g/mol. The quantitative estimate of drug-likeness (QED) is 0.759. The van der Waals surface area contributed by atoms with Crippen molar-refractivity contribution in [3.63, 3.8) is 0 Å². The number of carbonyl (C=O) groups is 1. The minimum absolute atomic E-state index is 0.0223. The molecule has 0 aromatic heterocycles. The molecule has 0 radical (unpaired) electrons. The Bertz CT molecular complexity index is 532.